The highest BCUT2D eigenvalue weighted by Gasteiger charge is 2.30. The molecule has 0 aromatic carbocycles. The van der Waals surface area contributed by atoms with Gasteiger partial charge in [0.15, 0.2) is 0 Å². The summed E-state index contributed by atoms with van der Waals surface area (Å²) in [5.41, 5.74) is 1.74. The predicted molar refractivity (Wildman–Crippen MR) is 92.2 cm³/mol. The van der Waals surface area contributed by atoms with Crippen LogP contribution >= 0.6 is 0 Å². The van der Waals surface area contributed by atoms with Crippen molar-refractivity contribution < 1.29 is 9.59 Å². The van der Waals surface area contributed by atoms with Crippen LogP contribution in [-0.2, 0) is 4.79 Å². The summed E-state index contributed by atoms with van der Waals surface area (Å²) in [6.45, 7) is 4.48. The number of carbonyl (C=O) groups excluding carboxylic acids is 2. The Bertz CT molecular complexity index is 800. The Balaban J connectivity index is 1.82. The molecule has 2 amide bonds. The van der Waals surface area contributed by atoms with Crippen LogP contribution in [0.1, 0.15) is 54.1 Å². The Hall–Kier alpha value is -2.51. The molecule has 1 fully saturated rings. The molecule has 2 aromatic rings. The first kappa shape index (κ1) is 17.3. The Labute approximate surface area is 146 Å². The maximum Gasteiger partial charge on any atom is 0.293 e. The molecular weight excluding hydrogens is 320 g/mol. The number of hydrogen-bond acceptors (Lipinski definition) is 5. The number of rotatable bonds is 4. The van der Waals surface area contributed by atoms with Gasteiger partial charge in [0.25, 0.3) is 11.7 Å². The van der Waals surface area contributed by atoms with Crippen LogP contribution in [0.15, 0.2) is 6.07 Å². The molecule has 0 bridgehead atoms. The SMILES string of the molecule is CNC(=O)CCC1CCCCN1C(=O)c1nc2nc(C)cc(C)n2n1. The van der Waals surface area contributed by atoms with Gasteiger partial charge in [-0.2, -0.15) is 4.98 Å². The van der Waals surface area contributed by atoms with Crippen LogP contribution in [0.4, 0.5) is 0 Å². The van der Waals surface area contributed by atoms with E-state index >= 15 is 0 Å². The number of aromatic nitrogens is 4. The van der Waals surface area contributed by atoms with Crippen molar-refractivity contribution in [3.05, 3.63) is 23.3 Å². The van der Waals surface area contributed by atoms with Crippen LogP contribution in [0.2, 0.25) is 0 Å². The van der Waals surface area contributed by atoms with E-state index in [0.29, 0.717) is 25.2 Å². The van der Waals surface area contributed by atoms with E-state index in [0.717, 1.165) is 30.7 Å². The number of nitrogens with zero attached hydrogens (tertiary/aromatic N) is 5. The molecule has 1 saturated heterocycles. The normalized spacial score (nSPS) is 17.7. The lowest BCUT2D eigenvalue weighted by molar-refractivity contribution is -0.121. The maximum atomic E-state index is 12.9. The molecule has 0 aliphatic carbocycles. The van der Waals surface area contributed by atoms with Gasteiger partial charge in [0.2, 0.25) is 11.7 Å². The van der Waals surface area contributed by atoms with Crippen molar-refractivity contribution in [3.63, 3.8) is 0 Å². The van der Waals surface area contributed by atoms with Crippen LogP contribution < -0.4 is 5.32 Å². The zero-order chi connectivity index (χ0) is 18.0. The van der Waals surface area contributed by atoms with Crippen molar-refractivity contribution in [1.29, 1.82) is 0 Å². The number of carbonyl (C=O) groups is 2. The number of fused-ring (bicyclic) bond motifs is 1. The molecule has 8 nitrogen and oxygen atoms in total. The van der Waals surface area contributed by atoms with Crippen molar-refractivity contribution in [3.8, 4) is 0 Å². The number of likely N-dealkylation sites (tertiary alicyclic amines) is 1. The van der Waals surface area contributed by atoms with Crippen LogP contribution in [0.5, 0.6) is 0 Å². The first-order chi connectivity index (χ1) is 12.0. The second-order valence-electron chi connectivity index (χ2n) is 6.55. The zero-order valence-electron chi connectivity index (χ0n) is 14.9. The largest absolute Gasteiger partial charge is 0.359 e. The molecule has 1 N–H and O–H groups in total. The molecular formula is C17H24N6O2. The first-order valence-electron chi connectivity index (χ1n) is 8.72. The van der Waals surface area contributed by atoms with Crippen LogP contribution in [0, 0.1) is 13.8 Å². The molecule has 0 spiro atoms. The van der Waals surface area contributed by atoms with E-state index in [-0.39, 0.29) is 23.7 Å². The van der Waals surface area contributed by atoms with E-state index in [1.165, 1.54) is 0 Å². The fraction of sp³-hybridized carbons (Fsp3) is 0.588. The van der Waals surface area contributed by atoms with Crippen molar-refractivity contribution in [2.24, 2.45) is 0 Å². The summed E-state index contributed by atoms with van der Waals surface area (Å²) >= 11 is 0. The predicted octanol–water partition coefficient (Wildman–Crippen LogP) is 1.26. The van der Waals surface area contributed by atoms with E-state index in [4.69, 9.17) is 0 Å². The lowest BCUT2D eigenvalue weighted by Crippen LogP contribution is -2.44. The molecule has 8 heteroatoms. The topological polar surface area (TPSA) is 92.5 Å². The van der Waals surface area contributed by atoms with Crippen LogP contribution in [-0.4, -0.2) is 55.9 Å². The minimum atomic E-state index is -0.177. The first-order valence-corrected chi connectivity index (χ1v) is 8.72. The van der Waals surface area contributed by atoms with E-state index < -0.39 is 0 Å². The van der Waals surface area contributed by atoms with Gasteiger partial charge < -0.3 is 10.2 Å². The molecule has 2 aromatic heterocycles. The second-order valence-corrected chi connectivity index (χ2v) is 6.55. The van der Waals surface area contributed by atoms with Gasteiger partial charge >= 0.3 is 0 Å². The van der Waals surface area contributed by atoms with Crippen molar-refractivity contribution in [2.75, 3.05) is 13.6 Å². The fourth-order valence-electron chi connectivity index (χ4n) is 3.38. The zero-order valence-corrected chi connectivity index (χ0v) is 14.9. The average Bonchev–Trinajstić information content (AvgIpc) is 3.03. The maximum absolute atomic E-state index is 12.9. The third-order valence-corrected chi connectivity index (χ3v) is 4.68. The van der Waals surface area contributed by atoms with Crippen molar-refractivity contribution in [1.82, 2.24) is 29.8 Å². The van der Waals surface area contributed by atoms with Gasteiger partial charge in [0.05, 0.1) is 0 Å². The van der Waals surface area contributed by atoms with Crippen LogP contribution in [0.3, 0.4) is 0 Å². The highest BCUT2D eigenvalue weighted by Crippen LogP contribution is 2.22. The monoisotopic (exact) mass is 344 g/mol. The highest BCUT2D eigenvalue weighted by atomic mass is 16.2. The Morgan fingerprint density at radius 1 is 1.28 bits per heavy atom. The van der Waals surface area contributed by atoms with E-state index in [2.05, 4.69) is 20.4 Å². The van der Waals surface area contributed by atoms with E-state index in [1.54, 1.807) is 11.6 Å². The summed E-state index contributed by atoms with van der Waals surface area (Å²) in [7, 11) is 1.63. The molecule has 0 radical (unpaired) electrons. The molecule has 134 valence electrons. The Morgan fingerprint density at radius 3 is 2.84 bits per heavy atom. The van der Waals surface area contributed by atoms with Crippen molar-refractivity contribution >= 4 is 17.6 Å². The summed E-state index contributed by atoms with van der Waals surface area (Å²) in [6, 6.07) is 1.96. The molecule has 3 rings (SSSR count). The lowest BCUT2D eigenvalue weighted by Gasteiger charge is -2.35. The number of aryl methyl sites for hydroxylation is 2. The highest BCUT2D eigenvalue weighted by molar-refractivity contribution is 5.91. The van der Waals surface area contributed by atoms with Gasteiger partial charge in [-0.1, -0.05) is 0 Å². The van der Waals surface area contributed by atoms with E-state index in [1.807, 2.05) is 24.8 Å². The average molecular weight is 344 g/mol. The summed E-state index contributed by atoms with van der Waals surface area (Å²) < 4.78 is 1.60. The van der Waals surface area contributed by atoms with Gasteiger partial charge in [0.1, 0.15) is 0 Å². The van der Waals surface area contributed by atoms with Gasteiger partial charge in [-0.15, -0.1) is 5.10 Å². The smallest absolute Gasteiger partial charge is 0.293 e. The minimum Gasteiger partial charge on any atom is -0.359 e. The molecule has 0 saturated carbocycles. The quantitative estimate of drug-likeness (QED) is 0.901. The third-order valence-electron chi connectivity index (χ3n) is 4.68. The second kappa shape index (κ2) is 7.16. The summed E-state index contributed by atoms with van der Waals surface area (Å²) in [6.07, 6.45) is 4.03. The van der Waals surface area contributed by atoms with Crippen LogP contribution in [0.25, 0.3) is 5.78 Å². The number of piperidine rings is 1. The molecule has 25 heavy (non-hydrogen) atoms. The van der Waals surface area contributed by atoms with Crippen molar-refractivity contribution in [2.45, 2.75) is 52.0 Å². The number of hydrogen-bond donors (Lipinski definition) is 1. The third kappa shape index (κ3) is 3.62. The molecule has 1 unspecified atom stereocenters. The van der Waals surface area contributed by atoms with E-state index in [9.17, 15) is 9.59 Å². The molecule has 3 heterocycles. The summed E-state index contributed by atoms with van der Waals surface area (Å²) in [4.78, 5) is 35.0. The standard InChI is InChI=1S/C17H24N6O2/c1-11-10-12(2)23-17(19-11)20-15(21-23)16(25)22-9-5-4-6-13(22)7-8-14(24)18-3/h10,13H,4-9H2,1-3H3,(H,18,24). The summed E-state index contributed by atoms with van der Waals surface area (Å²) in [5, 5.41) is 6.98. The van der Waals surface area contributed by atoms with Gasteiger partial charge in [0, 0.05) is 37.4 Å². The summed E-state index contributed by atoms with van der Waals surface area (Å²) in [5.74, 6) is 0.441. The lowest BCUT2D eigenvalue weighted by atomic mass is 9.97. The molecule has 1 atom stereocenters. The minimum absolute atomic E-state index is 0.000808. The molecule has 1 aliphatic heterocycles. The number of nitrogens with one attached hydrogen (secondary N) is 1. The van der Waals surface area contributed by atoms with Gasteiger partial charge in [-0.3, -0.25) is 9.59 Å². The number of amides is 2. The fourth-order valence-corrected chi connectivity index (χ4v) is 3.38. The van der Waals surface area contributed by atoms with Gasteiger partial charge in [-0.25, -0.2) is 9.50 Å². The Morgan fingerprint density at radius 2 is 2.08 bits per heavy atom. The molecule has 1 aliphatic rings. The Kier molecular flexibility index (Phi) is 4.96. The van der Waals surface area contributed by atoms with Gasteiger partial charge in [-0.05, 0) is 45.6 Å².